The van der Waals surface area contributed by atoms with E-state index in [1.165, 1.54) is 0 Å². The molecule has 0 radical (unpaired) electrons. The number of nitrogens with zero attached hydrogens (tertiary/aromatic N) is 6. The van der Waals surface area contributed by atoms with Crippen molar-refractivity contribution in [2.45, 2.75) is 39.2 Å². The molecule has 2 fully saturated rings. The largest absolute Gasteiger partial charge is 0.378 e. The van der Waals surface area contributed by atoms with Gasteiger partial charge in [-0.2, -0.15) is 5.10 Å². The highest BCUT2D eigenvalue weighted by Crippen LogP contribution is 2.33. The Morgan fingerprint density at radius 2 is 1.86 bits per heavy atom. The third-order valence-corrected chi connectivity index (χ3v) is 7.82. The van der Waals surface area contributed by atoms with E-state index >= 15 is 4.39 Å². The Bertz CT molecular complexity index is 1380. The molecule has 4 aromatic rings. The molecule has 0 unspecified atom stereocenters. The maximum absolute atomic E-state index is 15.4. The van der Waals surface area contributed by atoms with Crippen LogP contribution in [0.25, 0.3) is 33.5 Å². The zero-order valence-electron chi connectivity index (χ0n) is 21.6. The number of aromatic amines is 1. The molecule has 0 spiro atoms. The Labute approximate surface area is 216 Å². The van der Waals surface area contributed by atoms with Gasteiger partial charge in [0.1, 0.15) is 11.3 Å². The molecular formula is C28H34FN7O. The number of anilines is 1. The number of aromatic nitrogens is 5. The van der Waals surface area contributed by atoms with Gasteiger partial charge in [-0.25, -0.2) is 14.4 Å². The predicted octanol–water partition coefficient (Wildman–Crippen LogP) is 4.68. The highest BCUT2D eigenvalue weighted by Gasteiger charge is 2.22. The van der Waals surface area contributed by atoms with Crippen molar-refractivity contribution in [1.82, 2.24) is 29.6 Å². The number of likely N-dealkylation sites (tertiary alicyclic amines) is 1. The molecule has 3 aromatic heterocycles. The summed E-state index contributed by atoms with van der Waals surface area (Å²) in [5, 5.41) is 4.70. The first-order chi connectivity index (χ1) is 18.1. The van der Waals surface area contributed by atoms with E-state index in [-0.39, 0.29) is 5.82 Å². The van der Waals surface area contributed by atoms with Crippen LogP contribution in [-0.2, 0) is 11.2 Å². The monoisotopic (exact) mass is 503 g/mol. The number of rotatable bonds is 6. The van der Waals surface area contributed by atoms with Crippen molar-refractivity contribution in [2.75, 3.05) is 50.8 Å². The van der Waals surface area contributed by atoms with Gasteiger partial charge in [0.15, 0.2) is 5.65 Å². The van der Waals surface area contributed by atoms with E-state index in [4.69, 9.17) is 14.8 Å². The zero-order valence-corrected chi connectivity index (χ0v) is 21.6. The fourth-order valence-electron chi connectivity index (χ4n) is 5.64. The fraction of sp³-hybridized carbons (Fsp3) is 0.464. The summed E-state index contributed by atoms with van der Waals surface area (Å²) in [7, 11) is 0. The molecular weight excluding hydrogens is 469 g/mol. The van der Waals surface area contributed by atoms with Crippen LogP contribution < -0.4 is 4.90 Å². The molecule has 2 saturated heterocycles. The van der Waals surface area contributed by atoms with Crippen LogP contribution in [0.5, 0.6) is 0 Å². The lowest BCUT2D eigenvalue weighted by atomic mass is 10.0. The Balaban J connectivity index is 1.31. The average Bonchev–Trinajstić information content (AvgIpc) is 3.60. The second-order valence-corrected chi connectivity index (χ2v) is 9.95. The molecule has 0 bridgehead atoms. The van der Waals surface area contributed by atoms with Crippen molar-refractivity contribution in [2.24, 2.45) is 0 Å². The van der Waals surface area contributed by atoms with E-state index < -0.39 is 0 Å². The number of nitrogens with one attached hydrogen (secondary N) is 1. The van der Waals surface area contributed by atoms with Gasteiger partial charge in [-0.05, 0) is 43.5 Å². The lowest BCUT2D eigenvalue weighted by molar-refractivity contribution is 0.122. The van der Waals surface area contributed by atoms with Crippen LogP contribution in [0.3, 0.4) is 0 Å². The Morgan fingerprint density at radius 1 is 1.05 bits per heavy atom. The summed E-state index contributed by atoms with van der Waals surface area (Å²) >= 11 is 0. The van der Waals surface area contributed by atoms with Crippen LogP contribution in [0.2, 0.25) is 0 Å². The van der Waals surface area contributed by atoms with E-state index in [0.29, 0.717) is 49.4 Å². The second-order valence-electron chi connectivity index (χ2n) is 9.95. The number of benzene rings is 1. The summed E-state index contributed by atoms with van der Waals surface area (Å²) in [6.07, 6.45) is 10.6. The summed E-state index contributed by atoms with van der Waals surface area (Å²) in [6.45, 7) is 10.2. The van der Waals surface area contributed by atoms with Crippen LogP contribution in [-0.4, -0.2) is 75.6 Å². The molecule has 2 aliphatic heterocycles. The molecule has 8 nitrogen and oxygen atoms in total. The maximum Gasteiger partial charge on any atom is 0.156 e. The first-order valence-corrected chi connectivity index (χ1v) is 13.4. The third kappa shape index (κ3) is 4.62. The molecule has 6 rings (SSSR count). The molecule has 2 aliphatic rings. The molecule has 0 aliphatic carbocycles. The van der Waals surface area contributed by atoms with Gasteiger partial charge >= 0.3 is 0 Å². The number of hydrogen-bond acceptors (Lipinski definition) is 6. The average molecular weight is 504 g/mol. The van der Waals surface area contributed by atoms with Gasteiger partial charge in [-0.3, -0.25) is 4.68 Å². The summed E-state index contributed by atoms with van der Waals surface area (Å²) in [6, 6.07) is 4.06. The van der Waals surface area contributed by atoms with Crippen molar-refractivity contribution in [3.05, 3.63) is 48.3 Å². The van der Waals surface area contributed by atoms with E-state index in [9.17, 15) is 0 Å². The summed E-state index contributed by atoms with van der Waals surface area (Å²) in [4.78, 5) is 17.4. The molecule has 1 N–H and O–H groups in total. The minimum atomic E-state index is -0.220. The SMILES string of the molecule is CCc1cc(-c2cnc3[nH]cc(-c4cnn(C5CCN(CC)CC5)c4)c3n2)cc(F)c1N1CCOCC1. The molecule has 0 atom stereocenters. The Morgan fingerprint density at radius 3 is 2.62 bits per heavy atom. The van der Waals surface area contributed by atoms with E-state index in [2.05, 4.69) is 50.6 Å². The summed E-state index contributed by atoms with van der Waals surface area (Å²) < 4.78 is 23.0. The minimum absolute atomic E-state index is 0.220. The lowest BCUT2D eigenvalue weighted by Gasteiger charge is -2.31. The summed E-state index contributed by atoms with van der Waals surface area (Å²) in [5.74, 6) is -0.220. The second kappa shape index (κ2) is 10.2. The maximum atomic E-state index is 15.4. The topological polar surface area (TPSA) is 75.1 Å². The number of ether oxygens (including phenoxy) is 1. The normalized spacial score (nSPS) is 17.6. The van der Waals surface area contributed by atoms with Gasteiger partial charge in [0.25, 0.3) is 0 Å². The fourth-order valence-corrected chi connectivity index (χ4v) is 5.64. The number of H-pyrrole nitrogens is 1. The predicted molar refractivity (Wildman–Crippen MR) is 143 cm³/mol. The van der Waals surface area contributed by atoms with Gasteiger partial charge in [-0.15, -0.1) is 0 Å². The molecule has 1 aromatic carbocycles. The van der Waals surface area contributed by atoms with Gasteiger partial charge < -0.3 is 19.5 Å². The molecule has 37 heavy (non-hydrogen) atoms. The van der Waals surface area contributed by atoms with Crippen LogP contribution in [0.15, 0.2) is 36.9 Å². The van der Waals surface area contributed by atoms with Crippen LogP contribution in [0.4, 0.5) is 10.1 Å². The first kappa shape index (κ1) is 24.1. The highest BCUT2D eigenvalue weighted by atomic mass is 19.1. The number of fused-ring (bicyclic) bond motifs is 1. The van der Waals surface area contributed by atoms with E-state index in [1.54, 1.807) is 12.3 Å². The van der Waals surface area contributed by atoms with Crippen molar-refractivity contribution in [3.8, 4) is 22.4 Å². The number of aryl methyl sites for hydroxylation is 1. The molecule has 0 amide bonds. The van der Waals surface area contributed by atoms with Crippen molar-refractivity contribution in [1.29, 1.82) is 0 Å². The molecule has 9 heteroatoms. The summed E-state index contributed by atoms with van der Waals surface area (Å²) in [5.41, 5.74) is 6.52. The van der Waals surface area contributed by atoms with Crippen molar-refractivity contribution in [3.63, 3.8) is 0 Å². The Kier molecular flexibility index (Phi) is 6.65. The van der Waals surface area contributed by atoms with Crippen molar-refractivity contribution >= 4 is 16.9 Å². The van der Waals surface area contributed by atoms with Gasteiger partial charge in [0, 0.05) is 55.3 Å². The minimum Gasteiger partial charge on any atom is -0.378 e. The molecule has 194 valence electrons. The number of hydrogen-bond donors (Lipinski definition) is 1. The quantitative estimate of drug-likeness (QED) is 0.412. The number of piperidine rings is 1. The number of morpholine rings is 1. The van der Waals surface area contributed by atoms with Crippen molar-refractivity contribution < 1.29 is 9.13 Å². The van der Waals surface area contributed by atoms with Crippen LogP contribution in [0, 0.1) is 5.82 Å². The van der Waals surface area contributed by atoms with E-state index in [0.717, 1.165) is 66.7 Å². The Hall–Kier alpha value is -3.30. The zero-order chi connectivity index (χ0) is 25.4. The first-order valence-electron chi connectivity index (χ1n) is 13.4. The number of halogens is 1. The van der Waals surface area contributed by atoms with Gasteiger partial charge in [0.05, 0.1) is 43.0 Å². The molecule has 5 heterocycles. The van der Waals surface area contributed by atoms with Gasteiger partial charge in [-0.1, -0.05) is 13.8 Å². The highest BCUT2D eigenvalue weighted by molar-refractivity contribution is 5.91. The third-order valence-electron chi connectivity index (χ3n) is 7.82. The lowest BCUT2D eigenvalue weighted by Crippen LogP contribution is -2.37. The van der Waals surface area contributed by atoms with Crippen LogP contribution >= 0.6 is 0 Å². The molecule has 0 saturated carbocycles. The van der Waals surface area contributed by atoms with Crippen LogP contribution in [0.1, 0.15) is 38.3 Å². The van der Waals surface area contributed by atoms with E-state index in [1.807, 2.05) is 12.4 Å². The standard InChI is InChI=1S/C28H34FN7O/c1-3-19-13-20(14-24(29)27(19)35-9-11-37-12-10-35)25-17-31-28-26(33-25)23(16-30-28)21-15-32-36(18-21)22-5-7-34(4-2)8-6-22/h13-18,22H,3-12H2,1-2H3,(H,30,31). The van der Waals surface area contributed by atoms with Gasteiger partial charge in [0.2, 0.25) is 0 Å². The smallest absolute Gasteiger partial charge is 0.156 e.